The minimum absolute atomic E-state index is 0.0690. The van der Waals surface area contributed by atoms with E-state index >= 15 is 0 Å². The van der Waals surface area contributed by atoms with Gasteiger partial charge in [0, 0.05) is 25.3 Å². The average molecular weight is 306 g/mol. The van der Waals surface area contributed by atoms with Gasteiger partial charge in [-0.25, -0.2) is 0 Å². The van der Waals surface area contributed by atoms with Gasteiger partial charge in [-0.05, 0) is 51.8 Å². The molecule has 0 radical (unpaired) electrons. The molecule has 0 spiro atoms. The number of hydrogen-bond acceptors (Lipinski definition) is 3. The Balaban J connectivity index is 1.67. The molecule has 1 aromatic rings. The fourth-order valence-electron chi connectivity index (χ4n) is 2.92. The smallest absolute Gasteiger partial charge is 0.226 e. The molecule has 1 aromatic heterocycles. The van der Waals surface area contributed by atoms with Gasteiger partial charge in [-0.15, -0.1) is 0 Å². The number of aromatic nitrogens is 2. The van der Waals surface area contributed by atoms with Crippen LogP contribution in [0, 0.1) is 5.92 Å². The van der Waals surface area contributed by atoms with Crippen LogP contribution < -0.4 is 5.32 Å². The van der Waals surface area contributed by atoms with E-state index in [1.54, 1.807) is 0 Å². The molecule has 1 aliphatic rings. The second-order valence-corrected chi connectivity index (χ2v) is 6.83. The summed E-state index contributed by atoms with van der Waals surface area (Å²) in [5, 5.41) is 7.46. The molecule has 1 fully saturated rings. The summed E-state index contributed by atoms with van der Waals surface area (Å²) < 4.78 is 1.89. The Morgan fingerprint density at radius 3 is 2.64 bits per heavy atom. The van der Waals surface area contributed by atoms with Crippen molar-refractivity contribution in [3.63, 3.8) is 0 Å². The number of likely N-dealkylation sites (tertiary alicyclic amines) is 1. The van der Waals surface area contributed by atoms with E-state index in [2.05, 4.69) is 36.1 Å². The van der Waals surface area contributed by atoms with Gasteiger partial charge in [0.2, 0.25) is 5.91 Å². The van der Waals surface area contributed by atoms with Gasteiger partial charge in [0.25, 0.3) is 0 Å². The summed E-state index contributed by atoms with van der Waals surface area (Å²) >= 11 is 0. The first-order valence-electron chi connectivity index (χ1n) is 8.57. The highest BCUT2D eigenvalue weighted by Crippen LogP contribution is 2.10. The van der Waals surface area contributed by atoms with E-state index in [4.69, 9.17) is 0 Å². The van der Waals surface area contributed by atoms with Gasteiger partial charge < -0.3 is 10.2 Å². The molecule has 5 nitrogen and oxygen atoms in total. The molecule has 1 aliphatic heterocycles. The lowest BCUT2D eigenvalue weighted by Crippen LogP contribution is -2.38. The molecule has 5 heteroatoms. The number of rotatable bonds is 7. The largest absolute Gasteiger partial charge is 0.355 e. The molecule has 1 atom stereocenters. The van der Waals surface area contributed by atoms with Gasteiger partial charge in [-0.3, -0.25) is 9.48 Å². The maximum atomic E-state index is 12.0. The summed E-state index contributed by atoms with van der Waals surface area (Å²) in [6.07, 6.45) is 6.31. The minimum atomic E-state index is 0.0690. The van der Waals surface area contributed by atoms with Crippen LogP contribution in [0.25, 0.3) is 0 Å². The van der Waals surface area contributed by atoms with Crippen LogP contribution in [-0.2, 0) is 11.2 Å². The zero-order valence-corrected chi connectivity index (χ0v) is 14.2. The molecule has 2 rings (SSSR count). The number of piperidine rings is 1. The van der Waals surface area contributed by atoms with Crippen LogP contribution in [0.15, 0.2) is 12.3 Å². The number of carbonyl (C=O) groups is 1. The summed E-state index contributed by atoms with van der Waals surface area (Å²) in [5.74, 6) is 0.565. The van der Waals surface area contributed by atoms with Crippen LogP contribution in [0.4, 0.5) is 0 Å². The zero-order chi connectivity index (χ0) is 15.9. The molecule has 1 N–H and O–H groups in total. The first-order valence-corrected chi connectivity index (χ1v) is 8.57. The Morgan fingerprint density at radius 1 is 1.27 bits per heavy atom. The Morgan fingerprint density at radius 2 is 2.00 bits per heavy atom. The van der Waals surface area contributed by atoms with E-state index in [1.807, 2.05) is 16.9 Å². The highest BCUT2D eigenvalue weighted by atomic mass is 16.1. The topological polar surface area (TPSA) is 50.2 Å². The molecule has 1 amide bonds. The lowest BCUT2D eigenvalue weighted by Gasteiger charge is -2.29. The molecule has 0 bridgehead atoms. The standard InChI is InChI=1S/C17H30N4O/c1-14(2)21-10-7-16(19-21)11-17(22)18-12-15(3)13-20-8-5-4-6-9-20/h7,10,14-15H,4-6,8-9,11-13H2,1-3H3,(H,18,22)/t15-/m0/s1. The molecule has 2 heterocycles. The molecule has 0 unspecified atom stereocenters. The van der Waals surface area contributed by atoms with Crippen molar-refractivity contribution in [2.45, 2.75) is 52.5 Å². The second kappa shape index (κ2) is 8.32. The van der Waals surface area contributed by atoms with Crippen molar-refractivity contribution in [3.8, 4) is 0 Å². The average Bonchev–Trinajstić information content (AvgIpc) is 2.95. The van der Waals surface area contributed by atoms with Gasteiger partial charge in [0.1, 0.15) is 0 Å². The van der Waals surface area contributed by atoms with Gasteiger partial charge in [-0.2, -0.15) is 5.10 Å². The SMILES string of the molecule is CC(C)n1ccc(CC(=O)NC[C@H](C)CN2CCCCC2)n1. The monoisotopic (exact) mass is 306 g/mol. The third-order valence-corrected chi connectivity index (χ3v) is 4.20. The summed E-state index contributed by atoms with van der Waals surface area (Å²) in [6.45, 7) is 10.6. The maximum absolute atomic E-state index is 12.0. The van der Waals surface area contributed by atoms with E-state index in [0.717, 1.165) is 18.8 Å². The lowest BCUT2D eigenvalue weighted by atomic mass is 10.1. The van der Waals surface area contributed by atoms with Gasteiger partial charge in [0.05, 0.1) is 12.1 Å². The Kier molecular flexibility index (Phi) is 6.43. The number of nitrogens with zero attached hydrogens (tertiary/aromatic N) is 3. The van der Waals surface area contributed by atoms with Crippen LogP contribution in [0.5, 0.6) is 0 Å². The van der Waals surface area contributed by atoms with Crippen molar-refractivity contribution in [2.75, 3.05) is 26.2 Å². The molecule has 124 valence electrons. The second-order valence-electron chi connectivity index (χ2n) is 6.83. The summed E-state index contributed by atoms with van der Waals surface area (Å²) in [7, 11) is 0. The predicted octanol–water partition coefficient (Wildman–Crippen LogP) is 2.24. The van der Waals surface area contributed by atoms with E-state index < -0.39 is 0 Å². The fraction of sp³-hybridized carbons (Fsp3) is 0.765. The fourth-order valence-corrected chi connectivity index (χ4v) is 2.92. The van der Waals surface area contributed by atoms with Crippen LogP contribution in [0.1, 0.15) is 51.8 Å². The number of hydrogen-bond donors (Lipinski definition) is 1. The zero-order valence-electron chi connectivity index (χ0n) is 14.2. The quantitative estimate of drug-likeness (QED) is 0.840. The number of amides is 1. The lowest BCUT2D eigenvalue weighted by molar-refractivity contribution is -0.120. The highest BCUT2D eigenvalue weighted by molar-refractivity contribution is 5.78. The van der Waals surface area contributed by atoms with E-state index in [1.165, 1.54) is 32.4 Å². The Labute approximate surface area is 134 Å². The van der Waals surface area contributed by atoms with Gasteiger partial charge in [0.15, 0.2) is 0 Å². The third-order valence-electron chi connectivity index (χ3n) is 4.20. The van der Waals surface area contributed by atoms with Gasteiger partial charge >= 0.3 is 0 Å². The number of carbonyl (C=O) groups excluding carboxylic acids is 1. The van der Waals surface area contributed by atoms with E-state index in [9.17, 15) is 4.79 Å². The molecule has 1 saturated heterocycles. The van der Waals surface area contributed by atoms with E-state index in [-0.39, 0.29) is 5.91 Å². The summed E-state index contributed by atoms with van der Waals surface area (Å²) in [4.78, 5) is 14.5. The molecular formula is C17H30N4O. The van der Waals surface area contributed by atoms with Crippen molar-refractivity contribution >= 4 is 5.91 Å². The van der Waals surface area contributed by atoms with Crippen LogP contribution >= 0.6 is 0 Å². The highest BCUT2D eigenvalue weighted by Gasteiger charge is 2.14. The summed E-state index contributed by atoms with van der Waals surface area (Å²) in [5.41, 5.74) is 0.842. The molecular weight excluding hydrogens is 276 g/mol. The van der Waals surface area contributed by atoms with Gasteiger partial charge in [-0.1, -0.05) is 13.3 Å². The van der Waals surface area contributed by atoms with Crippen molar-refractivity contribution in [2.24, 2.45) is 5.92 Å². The summed E-state index contributed by atoms with van der Waals surface area (Å²) in [6, 6.07) is 2.26. The van der Waals surface area contributed by atoms with Crippen molar-refractivity contribution in [1.29, 1.82) is 0 Å². The third kappa shape index (κ3) is 5.44. The predicted molar refractivity (Wildman–Crippen MR) is 88.8 cm³/mol. The minimum Gasteiger partial charge on any atom is -0.355 e. The normalized spacial score (nSPS) is 17.6. The van der Waals surface area contributed by atoms with Crippen LogP contribution in [-0.4, -0.2) is 46.8 Å². The molecule has 0 aromatic carbocycles. The first-order chi connectivity index (χ1) is 10.5. The Hall–Kier alpha value is -1.36. The van der Waals surface area contributed by atoms with Crippen molar-refractivity contribution in [3.05, 3.63) is 18.0 Å². The first kappa shape index (κ1) is 17.0. The number of nitrogens with one attached hydrogen (secondary N) is 1. The van der Waals surface area contributed by atoms with Crippen LogP contribution in [0.3, 0.4) is 0 Å². The van der Waals surface area contributed by atoms with Crippen molar-refractivity contribution in [1.82, 2.24) is 20.0 Å². The van der Waals surface area contributed by atoms with E-state index in [0.29, 0.717) is 18.4 Å². The molecule has 22 heavy (non-hydrogen) atoms. The molecule has 0 saturated carbocycles. The van der Waals surface area contributed by atoms with Crippen LogP contribution in [0.2, 0.25) is 0 Å². The maximum Gasteiger partial charge on any atom is 0.226 e. The molecule has 0 aliphatic carbocycles. The Bertz CT molecular complexity index is 463. The van der Waals surface area contributed by atoms with Crippen molar-refractivity contribution < 1.29 is 4.79 Å².